The molecule has 0 aliphatic carbocycles. The summed E-state index contributed by atoms with van der Waals surface area (Å²) < 4.78 is 7.02. The van der Waals surface area contributed by atoms with Gasteiger partial charge in [-0.05, 0) is 66.4 Å². The molecule has 0 radical (unpaired) electrons. The van der Waals surface area contributed by atoms with Crippen LogP contribution in [0.5, 0.6) is 5.75 Å². The van der Waals surface area contributed by atoms with Crippen LogP contribution in [0.15, 0.2) is 22.7 Å². The number of hydrogen-bond acceptors (Lipinski definition) is 2. The molecule has 0 amide bonds. The first-order chi connectivity index (χ1) is 8.93. The molecule has 1 N–H and O–H groups in total. The summed E-state index contributed by atoms with van der Waals surface area (Å²) in [4.78, 5) is 0. The third-order valence-electron chi connectivity index (χ3n) is 3.10. The Balaban J connectivity index is 2.71. The van der Waals surface area contributed by atoms with Crippen molar-refractivity contribution in [3.8, 4) is 5.75 Å². The van der Waals surface area contributed by atoms with Crippen molar-refractivity contribution < 1.29 is 4.74 Å². The average Bonchev–Trinajstić information content (AvgIpc) is 2.31. The van der Waals surface area contributed by atoms with Gasteiger partial charge in [0.1, 0.15) is 5.75 Å². The predicted molar refractivity (Wildman–Crippen MR) is 85.8 cm³/mol. The molecule has 2 atom stereocenters. The van der Waals surface area contributed by atoms with Crippen molar-refractivity contribution in [2.45, 2.75) is 53.2 Å². The average molecular weight is 328 g/mol. The van der Waals surface area contributed by atoms with Crippen LogP contribution < -0.4 is 10.1 Å². The van der Waals surface area contributed by atoms with E-state index in [-0.39, 0.29) is 6.10 Å². The topological polar surface area (TPSA) is 21.3 Å². The van der Waals surface area contributed by atoms with Crippen molar-refractivity contribution in [1.82, 2.24) is 5.32 Å². The Morgan fingerprint density at radius 3 is 2.42 bits per heavy atom. The number of halogens is 1. The van der Waals surface area contributed by atoms with E-state index in [2.05, 4.69) is 74.1 Å². The molecule has 3 heteroatoms. The molecule has 1 aromatic carbocycles. The van der Waals surface area contributed by atoms with Crippen LogP contribution in [-0.2, 0) is 0 Å². The zero-order valence-electron chi connectivity index (χ0n) is 12.7. The smallest absolute Gasteiger partial charge is 0.133 e. The highest BCUT2D eigenvalue weighted by Gasteiger charge is 2.11. The molecule has 0 fully saturated rings. The Morgan fingerprint density at radius 1 is 1.21 bits per heavy atom. The molecule has 108 valence electrons. The summed E-state index contributed by atoms with van der Waals surface area (Å²) in [5.74, 6) is 1.59. The van der Waals surface area contributed by atoms with E-state index in [1.54, 1.807) is 0 Å². The van der Waals surface area contributed by atoms with Gasteiger partial charge in [-0.15, -0.1) is 0 Å². The summed E-state index contributed by atoms with van der Waals surface area (Å²) in [6, 6.07) is 6.70. The molecule has 2 nitrogen and oxygen atoms in total. The Bertz CT molecular complexity index is 392. The molecule has 2 unspecified atom stereocenters. The second-order valence-electron chi connectivity index (χ2n) is 5.53. The van der Waals surface area contributed by atoms with Crippen LogP contribution in [0.25, 0.3) is 0 Å². The summed E-state index contributed by atoms with van der Waals surface area (Å²) in [7, 11) is 0. The molecule has 0 aliphatic heterocycles. The number of hydrogen-bond donors (Lipinski definition) is 1. The minimum absolute atomic E-state index is 0.244. The minimum atomic E-state index is 0.244. The lowest BCUT2D eigenvalue weighted by Gasteiger charge is -2.19. The predicted octanol–water partition coefficient (Wildman–Crippen LogP) is 4.93. The molecule has 0 spiro atoms. The van der Waals surface area contributed by atoms with Gasteiger partial charge in [0.05, 0.1) is 10.6 Å². The monoisotopic (exact) mass is 327 g/mol. The van der Waals surface area contributed by atoms with Crippen LogP contribution in [0.3, 0.4) is 0 Å². The van der Waals surface area contributed by atoms with Crippen molar-refractivity contribution in [2.24, 2.45) is 5.92 Å². The second-order valence-corrected chi connectivity index (χ2v) is 6.38. The van der Waals surface area contributed by atoms with Gasteiger partial charge in [0.2, 0.25) is 0 Å². The van der Waals surface area contributed by atoms with Gasteiger partial charge in [0.25, 0.3) is 0 Å². The lowest BCUT2D eigenvalue weighted by Crippen LogP contribution is -2.18. The lowest BCUT2D eigenvalue weighted by atomic mass is 10.1. The van der Waals surface area contributed by atoms with E-state index >= 15 is 0 Å². The maximum Gasteiger partial charge on any atom is 0.133 e. The molecule has 0 heterocycles. The molecular weight excluding hydrogens is 302 g/mol. The Morgan fingerprint density at radius 2 is 1.89 bits per heavy atom. The van der Waals surface area contributed by atoms with Gasteiger partial charge in [-0.2, -0.15) is 0 Å². The van der Waals surface area contributed by atoms with Crippen LogP contribution in [0.2, 0.25) is 0 Å². The maximum absolute atomic E-state index is 5.98. The molecule has 1 aromatic rings. The van der Waals surface area contributed by atoms with Gasteiger partial charge < -0.3 is 10.1 Å². The molecule has 19 heavy (non-hydrogen) atoms. The third-order valence-corrected chi connectivity index (χ3v) is 3.72. The Kier molecular flexibility index (Phi) is 6.87. The SMILES string of the molecule is CCNC(C)c1ccc(OC(C)CC(C)C)c(Br)c1. The van der Waals surface area contributed by atoms with Gasteiger partial charge >= 0.3 is 0 Å². The minimum Gasteiger partial charge on any atom is -0.490 e. The number of ether oxygens (including phenoxy) is 1. The van der Waals surface area contributed by atoms with E-state index in [1.807, 2.05) is 0 Å². The van der Waals surface area contributed by atoms with E-state index in [1.165, 1.54) is 5.56 Å². The molecule has 0 saturated carbocycles. The third kappa shape index (κ3) is 5.53. The van der Waals surface area contributed by atoms with E-state index in [0.717, 1.165) is 23.2 Å². The molecule has 1 rings (SSSR count). The second kappa shape index (κ2) is 7.91. The molecule has 0 saturated heterocycles. The van der Waals surface area contributed by atoms with Crippen LogP contribution >= 0.6 is 15.9 Å². The molecule has 0 bridgehead atoms. The van der Waals surface area contributed by atoms with Gasteiger partial charge in [-0.1, -0.05) is 26.8 Å². The largest absolute Gasteiger partial charge is 0.490 e. The first-order valence-corrected chi connectivity index (χ1v) is 7.92. The molecule has 0 aliphatic rings. The van der Waals surface area contributed by atoms with E-state index in [4.69, 9.17) is 4.74 Å². The maximum atomic E-state index is 5.98. The van der Waals surface area contributed by atoms with E-state index in [9.17, 15) is 0 Å². The van der Waals surface area contributed by atoms with Gasteiger partial charge in [0, 0.05) is 6.04 Å². The summed E-state index contributed by atoms with van der Waals surface area (Å²) in [6.07, 6.45) is 1.32. The number of nitrogens with one attached hydrogen (secondary N) is 1. The summed E-state index contributed by atoms with van der Waals surface area (Å²) in [5, 5.41) is 3.41. The van der Waals surface area contributed by atoms with Crippen molar-refractivity contribution in [3.05, 3.63) is 28.2 Å². The number of rotatable bonds is 7. The zero-order chi connectivity index (χ0) is 14.4. The van der Waals surface area contributed by atoms with Crippen molar-refractivity contribution in [1.29, 1.82) is 0 Å². The van der Waals surface area contributed by atoms with Crippen LogP contribution in [0, 0.1) is 5.92 Å². The van der Waals surface area contributed by atoms with Crippen molar-refractivity contribution in [2.75, 3.05) is 6.54 Å². The fourth-order valence-corrected chi connectivity index (χ4v) is 2.72. The van der Waals surface area contributed by atoms with E-state index < -0.39 is 0 Å². The summed E-state index contributed by atoms with van der Waals surface area (Å²) in [6.45, 7) is 11.8. The fourth-order valence-electron chi connectivity index (χ4n) is 2.23. The van der Waals surface area contributed by atoms with Crippen LogP contribution in [0.1, 0.15) is 52.6 Å². The molecular formula is C16H26BrNO. The first kappa shape index (κ1) is 16.5. The van der Waals surface area contributed by atoms with Gasteiger partial charge in [0.15, 0.2) is 0 Å². The Labute approximate surface area is 126 Å². The van der Waals surface area contributed by atoms with Gasteiger partial charge in [-0.25, -0.2) is 0 Å². The van der Waals surface area contributed by atoms with E-state index in [0.29, 0.717) is 12.0 Å². The highest BCUT2D eigenvalue weighted by atomic mass is 79.9. The summed E-state index contributed by atoms with van der Waals surface area (Å²) >= 11 is 3.61. The first-order valence-electron chi connectivity index (χ1n) is 7.13. The highest BCUT2D eigenvalue weighted by molar-refractivity contribution is 9.10. The quantitative estimate of drug-likeness (QED) is 0.766. The Hall–Kier alpha value is -0.540. The number of benzene rings is 1. The zero-order valence-corrected chi connectivity index (χ0v) is 14.3. The normalized spacial score (nSPS) is 14.5. The van der Waals surface area contributed by atoms with Crippen molar-refractivity contribution >= 4 is 15.9 Å². The van der Waals surface area contributed by atoms with Crippen LogP contribution in [0.4, 0.5) is 0 Å². The van der Waals surface area contributed by atoms with Crippen LogP contribution in [-0.4, -0.2) is 12.6 Å². The molecule has 0 aromatic heterocycles. The summed E-state index contributed by atoms with van der Waals surface area (Å²) in [5.41, 5.74) is 1.28. The fraction of sp³-hybridized carbons (Fsp3) is 0.625. The highest BCUT2D eigenvalue weighted by Crippen LogP contribution is 2.29. The lowest BCUT2D eigenvalue weighted by molar-refractivity contribution is 0.192. The van der Waals surface area contributed by atoms with Crippen molar-refractivity contribution in [3.63, 3.8) is 0 Å². The standard InChI is InChI=1S/C16H26BrNO/c1-6-18-13(5)14-7-8-16(15(17)10-14)19-12(4)9-11(2)3/h7-8,10-13,18H,6,9H2,1-5H3. The van der Waals surface area contributed by atoms with Gasteiger partial charge in [-0.3, -0.25) is 0 Å².